The van der Waals surface area contributed by atoms with Gasteiger partial charge in [-0.2, -0.15) is 9.97 Å². The van der Waals surface area contributed by atoms with E-state index in [-0.39, 0.29) is 82.4 Å². The number of methoxy groups -OCH3 is 1. The van der Waals surface area contributed by atoms with Gasteiger partial charge in [0.15, 0.2) is 5.82 Å². The molecule has 0 aliphatic carbocycles. The van der Waals surface area contributed by atoms with Gasteiger partial charge in [-0.3, -0.25) is 4.90 Å². The minimum absolute atomic E-state index is 0.000674. The SMILES string of the molecule is [2H]C([2H])([2H])OCC12CCC(CN(c3nc(OCC45CC(=C)CN4CC(=C)C5)nc4c(F)c(-c5cc(O)cc6ccc(F)c(C#C)c56)nc(OC(C)C)c34)C1)N2. The zero-order chi connectivity index (χ0) is 39.0. The number of anilines is 1. The average Bonchev–Trinajstić information content (AvgIpc) is 3.71. The second-order valence-electron chi connectivity index (χ2n) is 15.0. The second kappa shape index (κ2) is 12.7. The van der Waals surface area contributed by atoms with Gasteiger partial charge in [-0.25, -0.2) is 13.8 Å². The van der Waals surface area contributed by atoms with Gasteiger partial charge in [-0.05, 0) is 63.1 Å². The lowest BCUT2D eigenvalue weighted by atomic mass is 9.92. The molecule has 2 bridgehead atoms. The number of aromatic hydroxyl groups is 1. The number of fused-ring (bicyclic) bond motifs is 5. The summed E-state index contributed by atoms with van der Waals surface area (Å²) in [5.41, 5.74) is 0.512. The van der Waals surface area contributed by atoms with Gasteiger partial charge in [0.05, 0.1) is 33.5 Å². The maximum Gasteiger partial charge on any atom is 0.319 e. The van der Waals surface area contributed by atoms with E-state index in [0.717, 1.165) is 17.6 Å². The third-order valence-electron chi connectivity index (χ3n) is 10.7. The van der Waals surface area contributed by atoms with Crippen LogP contribution in [0.3, 0.4) is 0 Å². The maximum atomic E-state index is 17.5. The molecule has 6 heterocycles. The fourth-order valence-corrected chi connectivity index (χ4v) is 8.73. The summed E-state index contributed by atoms with van der Waals surface area (Å²) >= 11 is 0. The second-order valence-corrected chi connectivity index (χ2v) is 15.0. The Morgan fingerprint density at radius 2 is 1.92 bits per heavy atom. The van der Waals surface area contributed by atoms with Gasteiger partial charge in [0.2, 0.25) is 5.88 Å². The van der Waals surface area contributed by atoms with E-state index in [1.165, 1.54) is 24.3 Å². The fourth-order valence-electron chi connectivity index (χ4n) is 8.73. The van der Waals surface area contributed by atoms with Crippen LogP contribution in [-0.4, -0.2) is 94.6 Å². The van der Waals surface area contributed by atoms with Crippen LogP contribution in [-0.2, 0) is 4.74 Å². The molecule has 2 atom stereocenters. The van der Waals surface area contributed by atoms with E-state index in [2.05, 4.69) is 34.3 Å². The van der Waals surface area contributed by atoms with Crippen molar-refractivity contribution < 1.29 is 32.2 Å². The van der Waals surface area contributed by atoms with E-state index in [0.29, 0.717) is 44.3 Å². The topological polar surface area (TPSA) is 105 Å². The molecule has 0 amide bonds. The highest BCUT2D eigenvalue weighted by Gasteiger charge is 2.49. The Labute approximate surface area is 305 Å². The van der Waals surface area contributed by atoms with Crippen LogP contribution in [0.15, 0.2) is 48.6 Å². The van der Waals surface area contributed by atoms with Gasteiger partial charge in [-0.15, -0.1) is 6.42 Å². The normalized spacial score (nSPS) is 23.6. The molecule has 2 N–H and O–H groups in total. The molecule has 0 spiro atoms. The molecule has 8 rings (SSSR count). The van der Waals surface area contributed by atoms with Crippen molar-refractivity contribution in [3.8, 4) is 41.2 Å². The summed E-state index contributed by atoms with van der Waals surface area (Å²) < 4.78 is 73.8. The number of nitrogens with zero attached hydrogens (tertiary/aromatic N) is 5. The molecular formula is C40H42F2N6O4. The Balaban J connectivity index is 1.33. The van der Waals surface area contributed by atoms with Gasteiger partial charge in [0, 0.05) is 50.2 Å². The molecule has 12 heteroatoms. The first-order valence-corrected chi connectivity index (χ1v) is 17.4. The first-order chi connectivity index (χ1) is 26.1. The third-order valence-corrected chi connectivity index (χ3v) is 10.7. The van der Waals surface area contributed by atoms with E-state index in [1.807, 2.05) is 4.90 Å². The predicted octanol–water partition coefficient (Wildman–Crippen LogP) is 5.89. The van der Waals surface area contributed by atoms with Crippen LogP contribution in [0, 0.1) is 24.0 Å². The van der Waals surface area contributed by atoms with Crippen molar-refractivity contribution in [1.82, 2.24) is 25.2 Å². The van der Waals surface area contributed by atoms with E-state index in [1.54, 1.807) is 13.8 Å². The molecule has 4 saturated heterocycles. The van der Waals surface area contributed by atoms with E-state index >= 15 is 8.78 Å². The van der Waals surface area contributed by atoms with Crippen LogP contribution in [0.25, 0.3) is 32.9 Å². The fraction of sp³-hybridized carbons (Fsp3) is 0.425. The highest BCUT2D eigenvalue weighted by Crippen LogP contribution is 2.45. The zero-order valence-electron chi connectivity index (χ0n) is 32.2. The summed E-state index contributed by atoms with van der Waals surface area (Å²) in [7, 11) is -2.59. The van der Waals surface area contributed by atoms with Gasteiger partial charge < -0.3 is 29.5 Å². The molecule has 2 aromatic carbocycles. The van der Waals surface area contributed by atoms with Crippen molar-refractivity contribution in [2.45, 2.75) is 62.8 Å². The van der Waals surface area contributed by atoms with Crippen molar-refractivity contribution in [1.29, 1.82) is 0 Å². The maximum absolute atomic E-state index is 17.5. The molecule has 0 radical (unpaired) electrons. The Bertz CT molecular complexity index is 2290. The number of benzene rings is 2. The molecule has 2 aromatic heterocycles. The van der Waals surface area contributed by atoms with Crippen LogP contribution in [0.5, 0.6) is 17.6 Å². The van der Waals surface area contributed by atoms with Crippen molar-refractivity contribution in [2.75, 3.05) is 51.3 Å². The summed E-state index contributed by atoms with van der Waals surface area (Å²) in [5.74, 6) is 0.880. The molecular weight excluding hydrogens is 666 g/mol. The monoisotopic (exact) mass is 711 g/mol. The Morgan fingerprint density at radius 3 is 2.65 bits per heavy atom. The first kappa shape index (κ1) is 30.8. The number of hydrogen-bond acceptors (Lipinski definition) is 10. The predicted molar refractivity (Wildman–Crippen MR) is 196 cm³/mol. The van der Waals surface area contributed by atoms with Crippen molar-refractivity contribution in [3.05, 3.63) is 65.8 Å². The van der Waals surface area contributed by atoms with E-state index < -0.39 is 35.9 Å². The molecule has 4 aliphatic rings. The number of nitrogens with one attached hydrogen (secondary N) is 1. The minimum atomic E-state index is -2.59. The lowest BCUT2D eigenvalue weighted by Gasteiger charge is -2.42. The average molecular weight is 712 g/mol. The quantitative estimate of drug-likeness (QED) is 0.161. The van der Waals surface area contributed by atoms with E-state index in [4.69, 9.17) is 34.7 Å². The number of piperazine rings is 1. The molecule has 270 valence electrons. The number of phenols is 1. The standard InChI is InChI=1S/C40H42F2N6O4/c1-7-28-30(41)9-8-25-12-27(49)13-29(31(25)28)34-33(42)35-32(37(43-34)52-22(2)3)36(47-18-26-10-11-39(19-47,46-26)20-50-6)45-38(44-35)51-21-40-14-23(4)16-48(40)17-24(5)15-40/h1,8-9,12-13,22,26,46,49H,4-5,10-11,14-21H2,2-3,6H3/i6D3. The Morgan fingerprint density at radius 1 is 1.13 bits per heavy atom. The summed E-state index contributed by atoms with van der Waals surface area (Å²) in [6.45, 7) is 14.3. The van der Waals surface area contributed by atoms with Gasteiger partial charge in [0.1, 0.15) is 40.6 Å². The van der Waals surface area contributed by atoms with Gasteiger partial charge >= 0.3 is 6.01 Å². The molecule has 2 unspecified atom stereocenters. The first-order valence-electron chi connectivity index (χ1n) is 18.9. The number of ether oxygens (including phenoxy) is 3. The number of terminal acetylenes is 1. The van der Waals surface area contributed by atoms with E-state index in [9.17, 15) is 5.11 Å². The number of aromatic nitrogens is 3. The number of phenolic OH excluding ortho intramolecular Hbond substituents is 1. The molecule has 4 aliphatic heterocycles. The lowest BCUT2D eigenvalue weighted by Crippen LogP contribution is -2.62. The van der Waals surface area contributed by atoms with Crippen molar-refractivity contribution in [2.24, 2.45) is 0 Å². The number of hydrogen-bond donors (Lipinski definition) is 2. The lowest BCUT2D eigenvalue weighted by molar-refractivity contribution is 0.107. The summed E-state index contributed by atoms with van der Waals surface area (Å²) in [6, 6.07) is 5.21. The van der Waals surface area contributed by atoms with Crippen molar-refractivity contribution in [3.63, 3.8) is 0 Å². The van der Waals surface area contributed by atoms with Crippen LogP contribution in [0.2, 0.25) is 0 Å². The number of rotatable bonds is 9. The van der Waals surface area contributed by atoms with Crippen LogP contribution < -0.4 is 19.7 Å². The van der Waals surface area contributed by atoms with Crippen molar-refractivity contribution >= 4 is 27.5 Å². The molecule has 10 nitrogen and oxygen atoms in total. The summed E-state index contributed by atoms with van der Waals surface area (Å²) in [5, 5.41) is 15.1. The number of halogens is 2. The van der Waals surface area contributed by atoms with Gasteiger partial charge in [0.25, 0.3) is 0 Å². The number of pyridine rings is 1. The molecule has 4 aromatic rings. The highest BCUT2D eigenvalue weighted by molar-refractivity contribution is 6.04. The Kier molecular flexibility index (Phi) is 7.51. The van der Waals surface area contributed by atoms with Gasteiger partial charge in [-0.1, -0.05) is 36.3 Å². The Hall–Kier alpha value is -4.83. The van der Waals surface area contributed by atoms with Crippen LogP contribution >= 0.6 is 0 Å². The summed E-state index contributed by atoms with van der Waals surface area (Å²) in [4.78, 5) is 18.6. The molecule has 52 heavy (non-hydrogen) atoms. The van der Waals surface area contributed by atoms with Crippen LogP contribution in [0.1, 0.15) is 49.2 Å². The summed E-state index contributed by atoms with van der Waals surface area (Å²) in [6.07, 6.45) is 8.14. The smallest absolute Gasteiger partial charge is 0.319 e. The third kappa shape index (κ3) is 5.72. The minimum Gasteiger partial charge on any atom is -0.508 e. The zero-order valence-corrected chi connectivity index (χ0v) is 29.2. The molecule has 4 fully saturated rings. The largest absolute Gasteiger partial charge is 0.508 e. The highest BCUT2D eigenvalue weighted by atomic mass is 19.1. The molecule has 0 saturated carbocycles. The van der Waals surface area contributed by atoms with Crippen LogP contribution in [0.4, 0.5) is 14.6 Å².